The van der Waals surface area contributed by atoms with Gasteiger partial charge in [-0.3, -0.25) is 4.79 Å². The second-order valence-corrected chi connectivity index (χ2v) is 3.40. The highest BCUT2D eigenvalue weighted by Crippen LogP contribution is 2.17. The van der Waals surface area contributed by atoms with Crippen molar-refractivity contribution in [3.05, 3.63) is 35.5 Å². The van der Waals surface area contributed by atoms with Gasteiger partial charge in [-0.2, -0.15) is 0 Å². The number of aldehydes is 1. The highest BCUT2D eigenvalue weighted by Gasteiger charge is 2.01. The quantitative estimate of drug-likeness (QED) is 0.589. The number of aromatic amines is 1. The molecule has 3 nitrogen and oxygen atoms in total. The van der Waals surface area contributed by atoms with Gasteiger partial charge in [0.25, 0.3) is 0 Å². The van der Waals surface area contributed by atoms with E-state index < -0.39 is 0 Å². The van der Waals surface area contributed by atoms with Crippen LogP contribution in [0, 0.1) is 11.8 Å². The van der Waals surface area contributed by atoms with Crippen LogP contribution in [0.5, 0.6) is 0 Å². The zero-order valence-electron chi connectivity index (χ0n) is 8.66. The molecule has 1 aromatic heterocycles. The van der Waals surface area contributed by atoms with E-state index in [1.54, 1.807) is 6.20 Å². The van der Waals surface area contributed by atoms with Crippen LogP contribution in [0.2, 0.25) is 0 Å². The average molecular weight is 213 g/mol. The van der Waals surface area contributed by atoms with Gasteiger partial charge < -0.3 is 10.1 Å². The fraction of sp³-hybridized carbons (Fsp3) is 0.154. The number of benzene rings is 1. The number of carbonyl (C=O) groups excluding carboxylic acids is 1. The summed E-state index contributed by atoms with van der Waals surface area (Å²) in [5.41, 5.74) is 2.43. The first-order valence-electron chi connectivity index (χ1n) is 5.01. The molecule has 80 valence electrons. The number of aromatic nitrogens is 1. The first-order valence-corrected chi connectivity index (χ1v) is 5.01. The van der Waals surface area contributed by atoms with Crippen LogP contribution >= 0.6 is 0 Å². The molecule has 0 unspecified atom stereocenters. The van der Waals surface area contributed by atoms with Gasteiger partial charge in [-0.1, -0.05) is 17.9 Å². The lowest BCUT2D eigenvalue weighted by atomic mass is 10.1. The monoisotopic (exact) mass is 213 g/mol. The second-order valence-electron chi connectivity index (χ2n) is 3.40. The summed E-state index contributed by atoms with van der Waals surface area (Å²) in [6.45, 7) is 0.0764. The predicted molar refractivity (Wildman–Crippen MR) is 62.3 cm³/mol. The number of H-pyrrole nitrogens is 1. The van der Waals surface area contributed by atoms with Crippen LogP contribution in [-0.2, 0) is 0 Å². The maximum absolute atomic E-state index is 10.7. The maximum atomic E-state index is 10.7. The van der Waals surface area contributed by atoms with Crippen molar-refractivity contribution in [1.29, 1.82) is 0 Å². The molecule has 0 spiro atoms. The predicted octanol–water partition coefficient (Wildman–Crippen LogP) is 1.71. The summed E-state index contributed by atoms with van der Waals surface area (Å²) in [5.74, 6) is 5.80. The van der Waals surface area contributed by atoms with Crippen molar-refractivity contribution >= 4 is 17.2 Å². The molecule has 1 aromatic carbocycles. The fourth-order valence-electron chi connectivity index (χ4n) is 1.54. The van der Waals surface area contributed by atoms with Crippen LogP contribution in [0.25, 0.3) is 10.9 Å². The molecule has 16 heavy (non-hydrogen) atoms. The van der Waals surface area contributed by atoms with E-state index in [4.69, 9.17) is 5.11 Å². The maximum Gasteiger partial charge on any atom is 0.152 e. The standard InChI is InChI=1S/C13H11NO2/c15-6-2-1-3-10-4-5-12-11(9-16)8-14-13(12)7-10/h4-5,7-9,14-15H,2,6H2. The summed E-state index contributed by atoms with van der Waals surface area (Å²) < 4.78 is 0. The molecular formula is C13H11NO2. The van der Waals surface area contributed by atoms with Gasteiger partial charge in [0, 0.05) is 34.6 Å². The van der Waals surface area contributed by atoms with Gasteiger partial charge >= 0.3 is 0 Å². The van der Waals surface area contributed by atoms with Crippen LogP contribution in [0.1, 0.15) is 22.3 Å². The molecular weight excluding hydrogens is 202 g/mol. The number of fused-ring (bicyclic) bond motifs is 1. The van der Waals surface area contributed by atoms with Gasteiger partial charge in [-0.25, -0.2) is 0 Å². The molecule has 0 atom stereocenters. The normalized spacial score (nSPS) is 9.81. The van der Waals surface area contributed by atoms with Gasteiger partial charge in [0.1, 0.15) is 0 Å². The molecule has 2 N–H and O–H groups in total. The molecule has 0 saturated carbocycles. The third-order valence-corrected chi connectivity index (χ3v) is 2.31. The van der Waals surface area contributed by atoms with Crippen molar-refractivity contribution < 1.29 is 9.90 Å². The smallest absolute Gasteiger partial charge is 0.152 e. The molecule has 2 aromatic rings. The molecule has 0 radical (unpaired) electrons. The Labute approximate surface area is 93.1 Å². The van der Waals surface area contributed by atoms with Gasteiger partial charge in [0.15, 0.2) is 6.29 Å². The Bertz CT molecular complexity index is 572. The number of hydrogen-bond donors (Lipinski definition) is 2. The van der Waals surface area contributed by atoms with Crippen LogP contribution in [-0.4, -0.2) is 23.0 Å². The topological polar surface area (TPSA) is 53.1 Å². The Kier molecular flexibility index (Phi) is 3.04. The van der Waals surface area contributed by atoms with Crippen molar-refractivity contribution in [2.45, 2.75) is 6.42 Å². The summed E-state index contributed by atoms with van der Waals surface area (Å²) in [7, 11) is 0. The summed E-state index contributed by atoms with van der Waals surface area (Å²) >= 11 is 0. The third kappa shape index (κ3) is 1.97. The molecule has 2 rings (SSSR count). The Hall–Kier alpha value is -2.05. The number of carbonyl (C=O) groups is 1. The van der Waals surface area contributed by atoms with E-state index in [1.807, 2.05) is 18.2 Å². The number of rotatable bonds is 2. The highest BCUT2D eigenvalue weighted by molar-refractivity contribution is 5.97. The minimum Gasteiger partial charge on any atom is -0.395 e. The number of aliphatic hydroxyl groups excluding tert-OH is 1. The highest BCUT2D eigenvalue weighted by atomic mass is 16.2. The van der Waals surface area contributed by atoms with Crippen LogP contribution in [0.15, 0.2) is 24.4 Å². The Morgan fingerprint density at radius 1 is 1.44 bits per heavy atom. The van der Waals surface area contributed by atoms with E-state index in [1.165, 1.54) is 0 Å². The molecule has 0 fully saturated rings. The van der Waals surface area contributed by atoms with E-state index in [9.17, 15) is 4.79 Å². The molecule has 3 heteroatoms. The van der Waals surface area contributed by atoms with Crippen molar-refractivity contribution in [3.63, 3.8) is 0 Å². The summed E-state index contributed by atoms with van der Waals surface area (Å²) in [6, 6.07) is 5.64. The zero-order valence-corrected chi connectivity index (χ0v) is 8.66. The summed E-state index contributed by atoms with van der Waals surface area (Å²) in [4.78, 5) is 13.7. The molecule has 0 aliphatic carbocycles. The van der Waals surface area contributed by atoms with Gasteiger partial charge in [0.2, 0.25) is 0 Å². The van der Waals surface area contributed by atoms with Gasteiger partial charge in [0.05, 0.1) is 6.61 Å². The Morgan fingerprint density at radius 3 is 3.06 bits per heavy atom. The molecule has 0 saturated heterocycles. The average Bonchev–Trinajstić information content (AvgIpc) is 2.71. The lowest BCUT2D eigenvalue weighted by Gasteiger charge is -1.92. The minimum atomic E-state index is 0.0764. The zero-order chi connectivity index (χ0) is 11.4. The molecule has 0 bridgehead atoms. The van der Waals surface area contributed by atoms with E-state index in [0.717, 1.165) is 22.8 Å². The van der Waals surface area contributed by atoms with E-state index in [2.05, 4.69) is 16.8 Å². The van der Waals surface area contributed by atoms with Crippen molar-refractivity contribution in [3.8, 4) is 11.8 Å². The summed E-state index contributed by atoms with van der Waals surface area (Å²) in [6.07, 6.45) is 2.99. The van der Waals surface area contributed by atoms with Crippen LogP contribution in [0.3, 0.4) is 0 Å². The van der Waals surface area contributed by atoms with E-state index >= 15 is 0 Å². The SMILES string of the molecule is O=Cc1c[nH]c2cc(C#CCCO)ccc12. The first kappa shape index (κ1) is 10.5. The summed E-state index contributed by atoms with van der Waals surface area (Å²) in [5, 5.41) is 9.51. The lowest BCUT2D eigenvalue weighted by Crippen LogP contribution is -1.79. The third-order valence-electron chi connectivity index (χ3n) is 2.31. The molecule has 1 heterocycles. The van der Waals surface area contributed by atoms with Crippen molar-refractivity contribution in [2.75, 3.05) is 6.61 Å². The largest absolute Gasteiger partial charge is 0.395 e. The fourth-order valence-corrected chi connectivity index (χ4v) is 1.54. The molecule has 0 amide bonds. The van der Waals surface area contributed by atoms with Crippen LogP contribution < -0.4 is 0 Å². The first-order chi connectivity index (χ1) is 7.85. The van der Waals surface area contributed by atoms with Gasteiger partial charge in [-0.15, -0.1) is 0 Å². The number of aliphatic hydroxyl groups is 1. The van der Waals surface area contributed by atoms with Crippen LogP contribution in [0.4, 0.5) is 0 Å². The van der Waals surface area contributed by atoms with Crippen molar-refractivity contribution in [2.24, 2.45) is 0 Å². The molecule has 0 aliphatic rings. The molecule has 0 aliphatic heterocycles. The lowest BCUT2D eigenvalue weighted by molar-refractivity contribution is 0.112. The minimum absolute atomic E-state index is 0.0764. The Balaban J connectivity index is 2.39. The van der Waals surface area contributed by atoms with Crippen molar-refractivity contribution in [1.82, 2.24) is 4.98 Å². The number of nitrogens with one attached hydrogen (secondary N) is 1. The Morgan fingerprint density at radius 2 is 2.31 bits per heavy atom. The number of hydrogen-bond acceptors (Lipinski definition) is 2. The second kappa shape index (κ2) is 4.65. The van der Waals surface area contributed by atoms with Gasteiger partial charge in [-0.05, 0) is 12.1 Å². The van der Waals surface area contributed by atoms with E-state index in [0.29, 0.717) is 12.0 Å². The van der Waals surface area contributed by atoms with E-state index in [-0.39, 0.29) is 6.61 Å².